The summed E-state index contributed by atoms with van der Waals surface area (Å²) < 4.78 is 11.5. The minimum Gasteiger partial charge on any atom is -0.497 e. The molecule has 3 aromatic rings. The highest BCUT2D eigenvalue weighted by Crippen LogP contribution is 2.38. The van der Waals surface area contributed by atoms with Crippen molar-refractivity contribution >= 4 is 10.8 Å². The van der Waals surface area contributed by atoms with Crippen molar-refractivity contribution in [1.82, 2.24) is 4.90 Å². The Labute approximate surface area is 188 Å². The number of benzene rings is 3. The van der Waals surface area contributed by atoms with E-state index in [2.05, 4.69) is 17.0 Å². The number of nitrogens with zero attached hydrogens (tertiary/aromatic N) is 1. The number of likely N-dealkylation sites (tertiary alicyclic amines) is 1. The number of aliphatic hydroxyl groups excluding tert-OH is 2. The first-order valence-electron chi connectivity index (χ1n) is 11.0. The minimum atomic E-state index is -0.991. The van der Waals surface area contributed by atoms with Gasteiger partial charge in [0.2, 0.25) is 0 Å². The molecule has 0 spiro atoms. The summed E-state index contributed by atoms with van der Waals surface area (Å²) >= 11 is 0. The summed E-state index contributed by atoms with van der Waals surface area (Å²) in [7, 11) is 1.65. The molecule has 0 radical (unpaired) electrons. The van der Waals surface area contributed by atoms with Gasteiger partial charge < -0.3 is 29.7 Å². The number of methoxy groups -OCH3 is 1. The predicted molar refractivity (Wildman–Crippen MR) is 125 cm³/mol. The molecule has 0 aromatic heterocycles. The summed E-state index contributed by atoms with van der Waals surface area (Å²) in [6.07, 6.45) is 0.337. The highest BCUT2D eigenvalue weighted by Gasteiger charge is 2.32. The van der Waals surface area contributed by atoms with Gasteiger partial charge in [-0.15, -0.1) is 0 Å². The molecule has 1 saturated heterocycles. The van der Waals surface area contributed by atoms with E-state index in [9.17, 15) is 15.3 Å². The number of ether oxygens (including phenoxy) is 2. The van der Waals surface area contributed by atoms with E-state index in [4.69, 9.17) is 9.47 Å². The zero-order chi connectivity index (χ0) is 22.6. The number of hydrogen-bond donors (Lipinski definition) is 3. The third-order valence-corrected chi connectivity index (χ3v) is 6.23. The summed E-state index contributed by atoms with van der Waals surface area (Å²) in [4.78, 5) is 2.10. The third kappa shape index (κ3) is 5.05. The van der Waals surface area contributed by atoms with E-state index in [0.717, 1.165) is 27.6 Å². The second kappa shape index (κ2) is 9.88. The molecule has 6 nitrogen and oxygen atoms in total. The van der Waals surface area contributed by atoms with Gasteiger partial charge in [-0.25, -0.2) is 0 Å². The van der Waals surface area contributed by atoms with E-state index >= 15 is 0 Å². The number of β-amino-alcohol motifs (C(OH)–C–C–N with tert-alkyl or cyclic N) is 1. The quantitative estimate of drug-likeness (QED) is 0.503. The molecular weight excluding hydrogens is 406 g/mol. The zero-order valence-electron chi connectivity index (χ0n) is 18.4. The molecule has 3 aromatic carbocycles. The molecule has 170 valence electrons. The van der Waals surface area contributed by atoms with Gasteiger partial charge in [-0.2, -0.15) is 0 Å². The van der Waals surface area contributed by atoms with Crippen LogP contribution in [0.4, 0.5) is 0 Å². The van der Waals surface area contributed by atoms with Crippen molar-refractivity contribution in [1.29, 1.82) is 0 Å². The lowest BCUT2D eigenvalue weighted by atomic mass is 9.92. The Kier molecular flexibility index (Phi) is 6.96. The van der Waals surface area contributed by atoms with Crippen LogP contribution in [0.25, 0.3) is 21.9 Å². The van der Waals surface area contributed by atoms with E-state index in [-0.39, 0.29) is 13.2 Å². The van der Waals surface area contributed by atoms with Crippen LogP contribution in [0, 0.1) is 0 Å². The van der Waals surface area contributed by atoms with Gasteiger partial charge in [-0.1, -0.05) is 42.5 Å². The Morgan fingerprint density at radius 1 is 1.03 bits per heavy atom. The molecule has 1 unspecified atom stereocenters. The molecule has 3 N–H and O–H groups in total. The molecule has 0 amide bonds. The van der Waals surface area contributed by atoms with Crippen LogP contribution in [0.5, 0.6) is 11.5 Å². The van der Waals surface area contributed by atoms with E-state index in [1.165, 1.54) is 0 Å². The molecular formula is C26H31NO5. The average Bonchev–Trinajstić information content (AvgIpc) is 2.84. The standard InChI is InChI=1S/C26H31NO5/c1-31-22-7-4-6-20(15-22)25-23-8-3-2-5-19(23)9-10-24(25)32-17-21(29)16-27-13-11-26(30,18-28)12-14-27/h2-10,15,21,28-30H,11-14,16-18H2,1H3. The van der Waals surface area contributed by atoms with Gasteiger partial charge in [-0.05, 0) is 47.4 Å². The normalized spacial score (nSPS) is 17.2. The van der Waals surface area contributed by atoms with Crippen LogP contribution in [0.15, 0.2) is 60.7 Å². The summed E-state index contributed by atoms with van der Waals surface area (Å²) in [6, 6.07) is 20.0. The van der Waals surface area contributed by atoms with Crippen LogP contribution in [0.1, 0.15) is 12.8 Å². The fraction of sp³-hybridized carbons (Fsp3) is 0.385. The maximum absolute atomic E-state index is 10.6. The molecule has 0 bridgehead atoms. The van der Waals surface area contributed by atoms with E-state index in [1.54, 1.807) is 7.11 Å². The van der Waals surface area contributed by atoms with Crippen molar-refractivity contribution in [3.8, 4) is 22.6 Å². The van der Waals surface area contributed by atoms with Crippen LogP contribution < -0.4 is 9.47 Å². The first kappa shape index (κ1) is 22.6. The lowest BCUT2D eigenvalue weighted by Crippen LogP contribution is -2.48. The largest absolute Gasteiger partial charge is 0.497 e. The number of fused-ring (bicyclic) bond motifs is 1. The van der Waals surface area contributed by atoms with Crippen molar-refractivity contribution < 1.29 is 24.8 Å². The van der Waals surface area contributed by atoms with E-state index in [1.807, 2.05) is 48.5 Å². The van der Waals surface area contributed by atoms with Gasteiger partial charge in [0.1, 0.15) is 24.2 Å². The number of rotatable bonds is 8. The second-order valence-corrected chi connectivity index (χ2v) is 8.54. The summed E-state index contributed by atoms with van der Waals surface area (Å²) in [5, 5.41) is 32.3. The highest BCUT2D eigenvalue weighted by molar-refractivity contribution is 5.99. The fourth-order valence-corrected chi connectivity index (χ4v) is 4.29. The van der Waals surface area contributed by atoms with Gasteiger partial charge in [0, 0.05) is 25.2 Å². The van der Waals surface area contributed by atoms with Gasteiger partial charge >= 0.3 is 0 Å². The third-order valence-electron chi connectivity index (χ3n) is 6.23. The Morgan fingerprint density at radius 3 is 2.56 bits per heavy atom. The van der Waals surface area contributed by atoms with E-state index < -0.39 is 11.7 Å². The van der Waals surface area contributed by atoms with Crippen LogP contribution in [0.2, 0.25) is 0 Å². The van der Waals surface area contributed by atoms with Crippen molar-refractivity contribution in [2.75, 3.05) is 40.0 Å². The molecule has 1 aliphatic rings. The number of aliphatic hydroxyl groups is 3. The second-order valence-electron chi connectivity index (χ2n) is 8.54. The van der Waals surface area contributed by atoms with Crippen molar-refractivity contribution in [3.63, 3.8) is 0 Å². The number of piperidine rings is 1. The van der Waals surface area contributed by atoms with Gasteiger partial charge in [0.15, 0.2) is 0 Å². The van der Waals surface area contributed by atoms with Crippen molar-refractivity contribution in [2.24, 2.45) is 0 Å². The van der Waals surface area contributed by atoms with Crippen LogP contribution >= 0.6 is 0 Å². The van der Waals surface area contributed by atoms with Crippen molar-refractivity contribution in [3.05, 3.63) is 60.7 Å². The molecule has 1 heterocycles. The predicted octanol–water partition coefficient (Wildman–Crippen LogP) is 3.07. The molecule has 6 heteroatoms. The van der Waals surface area contributed by atoms with Crippen LogP contribution in [0.3, 0.4) is 0 Å². The summed E-state index contributed by atoms with van der Waals surface area (Å²) in [5.41, 5.74) is 0.972. The van der Waals surface area contributed by atoms with Gasteiger partial charge in [0.05, 0.1) is 19.3 Å². The topological polar surface area (TPSA) is 82.4 Å². The lowest BCUT2D eigenvalue weighted by Gasteiger charge is -2.37. The average molecular weight is 438 g/mol. The lowest BCUT2D eigenvalue weighted by molar-refractivity contribution is -0.0656. The van der Waals surface area contributed by atoms with Gasteiger partial charge in [-0.3, -0.25) is 0 Å². The minimum absolute atomic E-state index is 0.163. The first-order valence-corrected chi connectivity index (χ1v) is 11.0. The molecule has 0 saturated carbocycles. The maximum atomic E-state index is 10.6. The summed E-state index contributed by atoms with van der Waals surface area (Å²) in [6.45, 7) is 1.68. The first-order chi connectivity index (χ1) is 15.5. The van der Waals surface area contributed by atoms with Crippen LogP contribution in [-0.4, -0.2) is 71.9 Å². The Hall–Kier alpha value is -2.64. The zero-order valence-corrected chi connectivity index (χ0v) is 18.4. The fourth-order valence-electron chi connectivity index (χ4n) is 4.29. The Morgan fingerprint density at radius 2 is 1.81 bits per heavy atom. The molecule has 0 aliphatic carbocycles. The Bertz CT molecular complexity index is 1050. The molecule has 4 rings (SSSR count). The molecule has 32 heavy (non-hydrogen) atoms. The van der Waals surface area contributed by atoms with Crippen molar-refractivity contribution in [2.45, 2.75) is 24.5 Å². The molecule has 1 fully saturated rings. The van der Waals surface area contributed by atoms with E-state index in [0.29, 0.717) is 38.2 Å². The van der Waals surface area contributed by atoms with Crippen LogP contribution in [-0.2, 0) is 0 Å². The smallest absolute Gasteiger partial charge is 0.127 e. The Balaban J connectivity index is 1.50. The molecule has 1 aliphatic heterocycles. The van der Waals surface area contributed by atoms with Gasteiger partial charge in [0.25, 0.3) is 0 Å². The SMILES string of the molecule is COc1cccc(-c2c(OCC(O)CN3CCC(O)(CO)CC3)ccc3ccccc23)c1. The summed E-state index contributed by atoms with van der Waals surface area (Å²) in [5.74, 6) is 1.48. The number of hydrogen-bond acceptors (Lipinski definition) is 6. The maximum Gasteiger partial charge on any atom is 0.127 e. The highest BCUT2D eigenvalue weighted by atomic mass is 16.5. The molecule has 1 atom stereocenters. The monoisotopic (exact) mass is 437 g/mol.